The topological polar surface area (TPSA) is 85.1 Å². The van der Waals surface area contributed by atoms with Crippen molar-refractivity contribution < 1.29 is 9.72 Å². The second-order valence-corrected chi connectivity index (χ2v) is 7.34. The zero-order valence-corrected chi connectivity index (χ0v) is 16.1. The molecule has 0 aliphatic rings. The molecule has 27 heavy (non-hydrogen) atoms. The van der Waals surface area contributed by atoms with E-state index in [0.717, 1.165) is 32.6 Å². The van der Waals surface area contributed by atoms with E-state index < -0.39 is 4.92 Å². The Labute approximate surface area is 161 Å². The van der Waals surface area contributed by atoms with Gasteiger partial charge in [0.25, 0.3) is 5.69 Å². The molecule has 1 N–H and O–H groups in total. The minimum absolute atomic E-state index is 0.101. The number of fused-ring (bicyclic) bond motifs is 1. The van der Waals surface area contributed by atoms with Crippen LogP contribution in [0.5, 0.6) is 0 Å². The van der Waals surface area contributed by atoms with Crippen molar-refractivity contribution in [2.24, 2.45) is 0 Å². The summed E-state index contributed by atoms with van der Waals surface area (Å²) in [7, 11) is 0. The highest BCUT2D eigenvalue weighted by molar-refractivity contribution is 7.99. The number of hydrogen-bond donors (Lipinski definition) is 1. The molecule has 138 valence electrons. The SMILES string of the molecule is Cc1cc(NC(=O)CSc2cc(C)c3ccccc3n2)c([N+](=O)[O-])cc1C. The van der Waals surface area contributed by atoms with Crippen molar-refractivity contribution in [3.63, 3.8) is 0 Å². The van der Waals surface area contributed by atoms with Crippen molar-refractivity contribution in [2.75, 3.05) is 11.1 Å². The van der Waals surface area contributed by atoms with Crippen molar-refractivity contribution in [2.45, 2.75) is 25.8 Å². The van der Waals surface area contributed by atoms with Crippen LogP contribution in [-0.4, -0.2) is 21.6 Å². The number of nitrogens with zero attached hydrogens (tertiary/aromatic N) is 2. The van der Waals surface area contributed by atoms with E-state index in [-0.39, 0.29) is 23.0 Å². The number of thioether (sulfide) groups is 1. The molecular formula is C20H19N3O3S. The average molecular weight is 381 g/mol. The number of hydrogen-bond acceptors (Lipinski definition) is 5. The summed E-state index contributed by atoms with van der Waals surface area (Å²) in [6, 6.07) is 12.9. The van der Waals surface area contributed by atoms with Gasteiger partial charge in [-0.05, 0) is 55.7 Å². The minimum Gasteiger partial charge on any atom is -0.320 e. The molecule has 1 amide bonds. The number of benzene rings is 2. The zero-order chi connectivity index (χ0) is 19.6. The van der Waals surface area contributed by atoms with Crippen LogP contribution in [0.4, 0.5) is 11.4 Å². The standard InChI is InChI=1S/C20H19N3O3S/c1-12-8-17(18(23(25)26)9-13(12)2)21-19(24)11-27-20-10-14(3)15-6-4-5-7-16(15)22-20/h4-10H,11H2,1-3H3,(H,21,24). The fourth-order valence-electron chi connectivity index (χ4n) is 2.77. The molecule has 6 nitrogen and oxygen atoms in total. The monoisotopic (exact) mass is 381 g/mol. The number of amides is 1. The zero-order valence-electron chi connectivity index (χ0n) is 15.3. The number of nitro benzene ring substituents is 1. The van der Waals surface area contributed by atoms with Crippen LogP contribution in [0.1, 0.15) is 16.7 Å². The quantitative estimate of drug-likeness (QED) is 0.390. The van der Waals surface area contributed by atoms with Gasteiger partial charge in [0.15, 0.2) is 0 Å². The second kappa shape index (κ2) is 7.75. The Morgan fingerprint density at radius 3 is 2.56 bits per heavy atom. The van der Waals surface area contributed by atoms with Gasteiger partial charge < -0.3 is 5.32 Å². The van der Waals surface area contributed by atoms with E-state index >= 15 is 0 Å². The molecule has 0 fully saturated rings. The molecule has 0 aliphatic heterocycles. The summed E-state index contributed by atoms with van der Waals surface area (Å²) in [5.74, 6) is -0.187. The number of nitrogens with one attached hydrogen (secondary N) is 1. The molecule has 0 saturated carbocycles. The van der Waals surface area contributed by atoms with Gasteiger partial charge in [0.1, 0.15) is 5.69 Å². The first-order chi connectivity index (χ1) is 12.8. The Kier molecular flexibility index (Phi) is 5.41. The lowest BCUT2D eigenvalue weighted by Gasteiger charge is -2.09. The molecule has 0 aliphatic carbocycles. The molecule has 0 spiro atoms. The van der Waals surface area contributed by atoms with Crippen LogP contribution in [0.2, 0.25) is 0 Å². The number of rotatable bonds is 5. The van der Waals surface area contributed by atoms with Crippen LogP contribution < -0.4 is 5.32 Å². The molecule has 3 rings (SSSR count). The largest absolute Gasteiger partial charge is 0.320 e. The summed E-state index contributed by atoms with van der Waals surface area (Å²) in [6.45, 7) is 5.66. The summed E-state index contributed by atoms with van der Waals surface area (Å²) < 4.78 is 0. The van der Waals surface area contributed by atoms with E-state index in [0.29, 0.717) is 0 Å². The lowest BCUT2D eigenvalue weighted by molar-refractivity contribution is -0.384. The van der Waals surface area contributed by atoms with Crippen molar-refractivity contribution in [1.82, 2.24) is 4.98 Å². The Balaban J connectivity index is 1.74. The predicted octanol–water partition coefficient (Wildman–Crippen LogP) is 4.80. The van der Waals surface area contributed by atoms with Gasteiger partial charge in [0.2, 0.25) is 5.91 Å². The molecule has 0 radical (unpaired) electrons. The van der Waals surface area contributed by atoms with Crippen molar-refractivity contribution in [1.29, 1.82) is 0 Å². The van der Waals surface area contributed by atoms with Crippen LogP contribution >= 0.6 is 11.8 Å². The van der Waals surface area contributed by atoms with E-state index in [1.807, 2.05) is 44.2 Å². The third kappa shape index (κ3) is 4.25. The van der Waals surface area contributed by atoms with Crippen LogP contribution in [0, 0.1) is 30.9 Å². The fourth-order valence-corrected chi connectivity index (χ4v) is 3.54. The van der Waals surface area contributed by atoms with Crippen LogP contribution in [0.15, 0.2) is 47.5 Å². The molecule has 0 saturated heterocycles. The molecule has 0 bridgehead atoms. The van der Waals surface area contributed by atoms with E-state index in [9.17, 15) is 14.9 Å². The number of para-hydroxylation sites is 1. The average Bonchev–Trinajstić information content (AvgIpc) is 2.62. The molecule has 3 aromatic rings. The Morgan fingerprint density at radius 2 is 1.81 bits per heavy atom. The van der Waals surface area contributed by atoms with Gasteiger partial charge >= 0.3 is 0 Å². The first-order valence-corrected chi connectivity index (χ1v) is 9.38. The van der Waals surface area contributed by atoms with Gasteiger partial charge in [-0.1, -0.05) is 30.0 Å². The van der Waals surface area contributed by atoms with Gasteiger partial charge in [-0.2, -0.15) is 0 Å². The number of carbonyl (C=O) groups excluding carboxylic acids is 1. The van der Waals surface area contributed by atoms with E-state index in [1.54, 1.807) is 13.0 Å². The van der Waals surface area contributed by atoms with Crippen LogP contribution in [0.25, 0.3) is 10.9 Å². The maximum absolute atomic E-state index is 12.3. The van der Waals surface area contributed by atoms with E-state index in [1.165, 1.54) is 17.8 Å². The number of aryl methyl sites for hydroxylation is 3. The molecule has 0 atom stereocenters. The fraction of sp³-hybridized carbons (Fsp3) is 0.200. The molecule has 1 aromatic heterocycles. The van der Waals surface area contributed by atoms with Crippen molar-refractivity contribution >= 4 is 39.9 Å². The van der Waals surface area contributed by atoms with Gasteiger partial charge in [-0.3, -0.25) is 14.9 Å². The van der Waals surface area contributed by atoms with Gasteiger partial charge in [-0.25, -0.2) is 4.98 Å². The van der Waals surface area contributed by atoms with Crippen LogP contribution in [0.3, 0.4) is 0 Å². The highest BCUT2D eigenvalue weighted by atomic mass is 32.2. The summed E-state index contributed by atoms with van der Waals surface area (Å²) in [5, 5.41) is 15.7. The number of carbonyl (C=O) groups is 1. The Morgan fingerprint density at radius 1 is 1.11 bits per heavy atom. The summed E-state index contributed by atoms with van der Waals surface area (Å²) >= 11 is 1.31. The number of pyridine rings is 1. The number of anilines is 1. The van der Waals surface area contributed by atoms with Crippen molar-refractivity contribution in [3.05, 3.63) is 69.3 Å². The van der Waals surface area contributed by atoms with Crippen LogP contribution in [-0.2, 0) is 4.79 Å². The number of aromatic nitrogens is 1. The molecule has 2 aromatic carbocycles. The predicted molar refractivity (Wildman–Crippen MR) is 108 cm³/mol. The Hall–Kier alpha value is -2.93. The summed E-state index contributed by atoms with van der Waals surface area (Å²) in [4.78, 5) is 27.6. The maximum atomic E-state index is 12.3. The smallest absolute Gasteiger partial charge is 0.293 e. The molecular weight excluding hydrogens is 362 g/mol. The second-order valence-electron chi connectivity index (χ2n) is 6.34. The van der Waals surface area contributed by atoms with Gasteiger partial charge in [0, 0.05) is 11.5 Å². The lowest BCUT2D eigenvalue weighted by atomic mass is 10.1. The van der Waals surface area contributed by atoms with Gasteiger partial charge in [0.05, 0.1) is 21.2 Å². The highest BCUT2D eigenvalue weighted by Gasteiger charge is 2.18. The first-order valence-electron chi connectivity index (χ1n) is 8.40. The first kappa shape index (κ1) is 18.8. The molecule has 7 heteroatoms. The van der Waals surface area contributed by atoms with Gasteiger partial charge in [-0.15, -0.1) is 0 Å². The molecule has 0 unspecified atom stereocenters. The summed E-state index contributed by atoms with van der Waals surface area (Å²) in [6.07, 6.45) is 0. The Bertz CT molecular complexity index is 1050. The normalized spacial score (nSPS) is 10.8. The number of nitro groups is 1. The van der Waals surface area contributed by atoms with Crippen molar-refractivity contribution in [3.8, 4) is 0 Å². The van der Waals surface area contributed by atoms with E-state index in [2.05, 4.69) is 10.3 Å². The molecule has 1 heterocycles. The maximum Gasteiger partial charge on any atom is 0.293 e. The third-order valence-corrected chi connectivity index (χ3v) is 5.24. The summed E-state index contributed by atoms with van der Waals surface area (Å²) in [5.41, 5.74) is 3.78. The highest BCUT2D eigenvalue weighted by Crippen LogP contribution is 2.29. The van der Waals surface area contributed by atoms with E-state index in [4.69, 9.17) is 0 Å². The third-order valence-electron chi connectivity index (χ3n) is 4.33. The minimum atomic E-state index is -0.483. The lowest BCUT2D eigenvalue weighted by Crippen LogP contribution is -2.15.